The summed E-state index contributed by atoms with van der Waals surface area (Å²) in [7, 11) is 1.58. The average Bonchev–Trinajstić information content (AvgIpc) is 2.37. The summed E-state index contributed by atoms with van der Waals surface area (Å²) >= 11 is 7.34. The van der Waals surface area contributed by atoms with Gasteiger partial charge in [0.2, 0.25) is 5.91 Å². The van der Waals surface area contributed by atoms with Crippen LogP contribution in [-0.2, 0) is 14.3 Å². The van der Waals surface area contributed by atoms with Crippen molar-refractivity contribution < 1.29 is 14.3 Å². The highest BCUT2D eigenvalue weighted by Gasteiger charge is 2.14. The zero-order valence-electron chi connectivity index (χ0n) is 10.9. The van der Waals surface area contributed by atoms with Crippen LogP contribution < -0.4 is 0 Å². The molecule has 0 spiro atoms. The van der Waals surface area contributed by atoms with E-state index >= 15 is 0 Å². The Kier molecular flexibility index (Phi) is 6.73. The molecular weight excluding hydrogens is 286 g/mol. The number of carbonyl (C=O) groups excluding carboxylic acids is 2. The molecule has 0 bridgehead atoms. The second-order valence-electron chi connectivity index (χ2n) is 3.77. The monoisotopic (exact) mass is 301 g/mol. The first-order valence-corrected chi connectivity index (χ1v) is 7.18. The van der Waals surface area contributed by atoms with Crippen LogP contribution in [0.2, 0.25) is 5.02 Å². The quantitative estimate of drug-likeness (QED) is 0.598. The van der Waals surface area contributed by atoms with Crippen LogP contribution in [-0.4, -0.2) is 42.7 Å². The molecule has 104 valence electrons. The molecule has 0 saturated heterocycles. The third-order valence-electron chi connectivity index (χ3n) is 2.29. The molecular formula is C13H16ClNO3S. The van der Waals surface area contributed by atoms with Crippen molar-refractivity contribution in [1.82, 2.24) is 4.90 Å². The molecule has 1 aromatic rings. The predicted octanol–water partition coefficient (Wildman–Crippen LogP) is 2.45. The number of thioether (sulfide) groups is 1. The molecule has 0 radical (unpaired) electrons. The maximum atomic E-state index is 11.8. The van der Waals surface area contributed by atoms with E-state index in [1.807, 2.05) is 18.2 Å². The first kappa shape index (κ1) is 15.9. The van der Waals surface area contributed by atoms with Crippen molar-refractivity contribution in [3.63, 3.8) is 0 Å². The molecule has 0 heterocycles. The Morgan fingerprint density at radius 1 is 1.37 bits per heavy atom. The summed E-state index contributed by atoms with van der Waals surface area (Å²) in [6.07, 6.45) is 0. The smallest absolute Gasteiger partial charge is 0.325 e. The Labute approximate surface area is 122 Å². The molecule has 0 aromatic heterocycles. The third-order valence-corrected chi connectivity index (χ3v) is 3.79. The third kappa shape index (κ3) is 5.53. The average molecular weight is 302 g/mol. The molecule has 0 aliphatic heterocycles. The van der Waals surface area contributed by atoms with E-state index < -0.39 is 5.97 Å². The van der Waals surface area contributed by atoms with E-state index in [0.717, 1.165) is 4.90 Å². The lowest BCUT2D eigenvalue weighted by Gasteiger charge is -2.15. The van der Waals surface area contributed by atoms with E-state index in [-0.39, 0.29) is 18.2 Å². The fourth-order valence-electron chi connectivity index (χ4n) is 1.30. The number of carbonyl (C=O) groups is 2. The number of hydrogen-bond acceptors (Lipinski definition) is 4. The molecule has 19 heavy (non-hydrogen) atoms. The number of halogens is 1. The van der Waals surface area contributed by atoms with Crippen molar-refractivity contribution in [2.45, 2.75) is 11.8 Å². The standard InChI is InChI=1S/C13H16ClNO3S/c1-3-18-13(17)8-15(2)12(16)9-19-11-7-5-4-6-10(11)14/h4-7H,3,8-9H2,1-2H3. The molecule has 0 aliphatic rings. The Morgan fingerprint density at radius 2 is 2.05 bits per heavy atom. The van der Waals surface area contributed by atoms with Crippen molar-refractivity contribution in [2.24, 2.45) is 0 Å². The molecule has 0 N–H and O–H groups in total. The van der Waals surface area contributed by atoms with Gasteiger partial charge in [0.1, 0.15) is 6.54 Å². The molecule has 1 amide bonds. The zero-order chi connectivity index (χ0) is 14.3. The second kappa shape index (κ2) is 8.07. The molecule has 0 fully saturated rings. The minimum Gasteiger partial charge on any atom is -0.465 e. The topological polar surface area (TPSA) is 46.6 Å². The minimum atomic E-state index is -0.402. The molecule has 6 heteroatoms. The Balaban J connectivity index is 2.43. The van der Waals surface area contributed by atoms with Crippen LogP contribution in [0.3, 0.4) is 0 Å². The minimum absolute atomic E-state index is 0.0320. The molecule has 0 atom stereocenters. The Hall–Kier alpha value is -1.20. The molecule has 0 unspecified atom stereocenters. The molecule has 4 nitrogen and oxygen atoms in total. The van der Waals surface area contributed by atoms with Crippen LogP contribution in [0.15, 0.2) is 29.2 Å². The summed E-state index contributed by atoms with van der Waals surface area (Å²) in [5.41, 5.74) is 0. The number of ether oxygens (including phenoxy) is 1. The van der Waals surface area contributed by atoms with Gasteiger partial charge in [0.25, 0.3) is 0 Å². The van der Waals surface area contributed by atoms with Crippen molar-refractivity contribution in [3.8, 4) is 0 Å². The fourth-order valence-corrected chi connectivity index (χ4v) is 2.48. The lowest BCUT2D eigenvalue weighted by Crippen LogP contribution is -2.34. The number of esters is 1. The van der Waals surface area contributed by atoms with Crippen molar-refractivity contribution in [3.05, 3.63) is 29.3 Å². The van der Waals surface area contributed by atoms with Crippen molar-refractivity contribution in [1.29, 1.82) is 0 Å². The van der Waals surface area contributed by atoms with E-state index in [1.54, 1.807) is 20.0 Å². The van der Waals surface area contributed by atoms with Gasteiger partial charge in [-0.25, -0.2) is 0 Å². The highest BCUT2D eigenvalue weighted by molar-refractivity contribution is 8.00. The SMILES string of the molecule is CCOC(=O)CN(C)C(=O)CSc1ccccc1Cl. The lowest BCUT2D eigenvalue weighted by molar-refractivity contribution is -0.147. The number of likely N-dealkylation sites (N-methyl/N-ethyl adjacent to an activating group) is 1. The first-order chi connectivity index (χ1) is 9.04. The molecule has 0 saturated carbocycles. The van der Waals surface area contributed by atoms with Crippen LogP contribution >= 0.6 is 23.4 Å². The van der Waals surface area contributed by atoms with Gasteiger partial charge < -0.3 is 9.64 Å². The predicted molar refractivity (Wildman–Crippen MR) is 76.4 cm³/mol. The Bertz CT molecular complexity index is 453. The highest BCUT2D eigenvalue weighted by atomic mass is 35.5. The fraction of sp³-hybridized carbons (Fsp3) is 0.385. The van der Waals surface area contributed by atoms with Gasteiger partial charge in [0.05, 0.1) is 17.4 Å². The summed E-state index contributed by atoms with van der Waals surface area (Å²) in [4.78, 5) is 25.3. The molecule has 1 aromatic carbocycles. The first-order valence-electron chi connectivity index (χ1n) is 5.81. The molecule has 0 aliphatic carbocycles. The number of hydrogen-bond donors (Lipinski definition) is 0. The normalized spacial score (nSPS) is 10.1. The highest BCUT2D eigenvalue weighted by Crippen LogP contribution is 2.26. The second-order valence-corrected chi connectivity index (χ2v) is 5.20. The van der Waals surface area contributed by atoms with Crippen LogP contribution in [0, 0.1) is 0 Å². The summed E-state index contributed by atoms with van der Waals surface area (Å²) in [6, 6.07) is 7.32. The largest absolute Gasteiger partial charge is 0.465 e. The van der Waals surface area contributed by atoms with E-state index in [1.165, 1.54) is 16.7 Å². The molecule has 1 rings (SSSR count). The van der Waals surface area contributed by atoms with Crippen LogP contribution in [0.4, 0.5) is 0 Å². The van der Waals surface area contributed by atoms with E-state index in [2.05, 4.69) is 0 Å². The maximum Gasteiger partial charge on any atom is 0.325 e. The lowest BCUT2D eigenvalue weighted by atomic mass is 10.4. The number of amides is 1. The van der Waals surface area contributed by atoms with Crippen LogP contribution in [0.25, 0.3) is 0 Å². The summed E-state index contributed by atoms with van der Waals surface area (Å²) < 4.78 is 4.78. The van der Waals surface area contributed by atoms with E-state index in [9.17, 15) is 9.59 Å². The number of rotatable bonds is 6. The maximum absolute atomic E-state index is 11.8. The van der Waals surface area contributed by atoms with E-state index in [4.69, 9.17) is 16.3 Å². The van der Waals surface area contributed by atoms with Crippen LogP contribution in [0.1, 0.15) is 6.92 Å². The van der Waals surface area contributed by atoms with Crippen molar-refractivity contribution in [2.75, 3.05) is 26.0 Å². The van der Waals surface area contributed by atoms with Gasteiger partial charge in [0.15, 0.2) is 0 Å². The number of nitrogens with zero attached hydrogens (tertiary/aromatic N) is 1. The van der Waals surface area contributed by atoms with Gasteiger partial charge in [-0.05, 0) is 19.1 Å². The van der Waals surface area contributed by atoms with Gasteiger partial charge in [-0.15, -0.1) is 11.8 Å². The zero-order valence-corrected chi connectivity index (χ0v) is 12.5. The number of benzene rings is 1. The van der Waals surface area contributed by atoms with Gasteiger partial charge >= 0.3 is 5.97 Å². The summed E-state index contributed by atoms with van der Waals surface area (Å²) in [5.74, 6) is -0.307. The summed E-state index contributed by atoms with van der Waals surface area (Å²) in [5, 5.41) is 0.619. The van der Waals surface area contributed by atoms with Gasteiger partial charge in [-0.3, -0.25) is 9.59 Å². The van der Waals surface area contributed by atoms with E-state index in [0.29, 0.717) is 11.6 Å². The van der Waals surface area contributed by atoms with Gasteiger partial charge in [-0.1, -0.05) is 23.7 Å². The van der Waals surface area contributed by atoms with Gasteiger partial charge in [-0.2, -0.15) is 0 Å². The summed E-state index contributed by atoms with van der Waals surface area (Å²) in [6.45, 7) is 2.01. The Morgan fingerprint density at radius 3 is 2.68 bits per heavy atom. The van der Waals surface area contributed by atoms with Crippen LogP contribution in [0.5, 0.6) is 0 Å². The van der Waals surface area contributed by atoms with Crippen molar-refractivity contribution >= 4 is 35.2 Å². The van der Waals surface area contributed by atoms with Gasteiger partial charge in [0, 0.05) is 11.9 Å².